The topological polar surface area (TPSA) is 95.0 Å². The number of rotatable bonds is 2. The Kier molecular flexibility index (Phi) is 4.09. The third-order valence-electron chi connectivity index (χ3n) is 4.69. The Balaban J connectivity index is 1.53. The molecular formula is C20H17N5O2. The van der Waals surface area contributed by atoms with Gasteiger partial charge in [-0.2, -0.15) is 10.4 Å². The number of carbonyl (C=O) groups is 1. The molecule has 2 aromatic heterocycles. The summed E-state index contributed by atoms with van der Waals surface area (Å²) >= 11 is 0. The Morgan fingerprint density at radius 1 is 1.19 bits per heavy atom. The van der Waals surface area contributed by atoms with E-state index in [-0.39, 0.29) is 11.7 Å². The van der Waals surface area contributed by atoms with Crippen LogP contribution in [0.15, 0.2) is 42.5 Å². The zero-order valence-corrected chi connectivity index (χ0v) is 14.8. The van der Waals surface area contributed by atoms with E-state index >= 15 is 0 Å². The minimum absolute atomic E-state index is 0.0534. The molecule has 134 valence electrons. The molecule has 3 heterocycles. The first-order valence-corrected chi connectivity index (χ1v) is 8.58. The second-order valence-electron chi connectivity index (χ2n) is 6.46. The van der Waals surface area contributed by atoms with Crippen molar-refractivity contribution in [1.29, 1.82) is 5.26 Å². The van der Waals surface area contributed by atoms with Crippen LogP contribution in [0.4, 0.5) is 0 Å². The fraction of sp³-hybridized carbons (Fsp3) is 0.200. The lowest BCUT2D eigenvalue weighted by molar-refractivity contribution is 0.0706. The summed E-state index contributed by atoms with van der Waals surface area (Å²) in [6.07, 6.45) is 0. The lowest BCUT2D eigenvalue weighted by atomic mass is 10.1. The summed E-state index contributed by atoms with van der Waals surface area (Å²) in [5.41, 5.74) is 4.03. The number of aromatic hydroxyl groups is 1. The zero-order chi connectivity index (χ0) is 19.0. The number of hydrogen-bond donors (Lipinski definition) is 1. The van der Waals surface area contributed by atoms with Crippen molar-refractivity contribution >= 4 is 5.91 Å². The van der Waals surface area contributed by atoms with Crippen molar-refractivity contribution in [3.8, 4) is 23.1 Å². The molecule has 0 atom stereocenters. The van der Waals surface area contributed by atoms with E-state index in [0.29, 0.717) is 36.6 Å². The van der Waals surface area contributed by atoms with E-state index in [1.807, 2.05) is 18.2 Å². The van der Waals surface area contributed by atoms with Gasteiger partial charge in [-0.1, -0.05) is 12.1 Å². The van der Waals surface area contributed by atoms with Crippen LogP contribution in [0, 0.1) is 18.3 Å². The highest BCUT2D eigenvalue weighted by Crippen LogP contribution is 2.23. The van der Waals surface area contributed by atoms with Crippen LogP contribution in [0.25, 0.3) is 11.3 Å². The summed E-state index contributed by atoms with van der Waals surface area (Å²) < 4.78 is 1.78. The highest BCUT2D eigenvalue weighted by molar-refractivity contribution is 5.94. The highest BCUT2D eigenvalue weighted by Gasteiger charge is 2.23. The molecule has 27 heavy (non-hydrogen) atoms. The van der Waals surface area contributed by atoms with E-state index in [2.05, 4.69) is 10.1 Å². The van der Waals surface area contributed by atoms with Gasteiger partial charge in [-0.3, -0.25) is 9.48 Å². The molecule has 0 saturated heterocycles. The summed E-state index contributed by atoms with van der Waals surface area (Å²) in [5.74, 6) is 0.108. The molecule has 0 spiro atoms. The molecule has 0 aliphatic carbocycles. The number of carbonyl (C=O) groups excluding carboxylic acids is 1. The third-order valence-corrected chi connectivity index (χ3v) is 4.69. The van der Waals surface area contributed by atoms with Crippen LogP contribution in [0.2, 0.25) is 0 Å². The van der Waals surface area contributed by atoms with Gasteiger partial charge < -0.3 is 10.0 Å². The average Bonchev–Trinajstić information content (AvgIpc) is 3.12. The van der Waals surface area contributed by atoms with Crippen LogP contribution < -0.4 is 0 Å². The maximum Gasteiger partial charge on any atom is 0.254 e. The summed E-state index contributed by atoms with van der Waals surface area (Å²) in [4.78, 5) is 18.9. The standard InChI is InChI=1S/C20H17N5O2/c1-13-19(26)7-6-18(22-13)14-2-4-15(5-3-14)20(27)24-8-9-25-17(12-24)10-16(11-21)23-25/h2-7,10,26H,8-9,12H2,1H3. The van der Waals surface area contributed by atoms with Crippen molar-refractivity contribution in [3.05, 3.63) is 65.1 Å². The van der Waals surface area contributed by atoms with Crippen LogP contribution in [-0.4, -0.2) is 37.2 Å². The Hall–Kier alpha value is -3.66. The Bertz CT molecular complexity index is 1060. The van der Waals surface area contributed by atoms with Gasteiger partial charge in [0.1, 0.15) is 11.8 Å². The molecule has 7 heteroatoms. The van der Waals surface area contributed by atoms with Gasteiger partial charge in [0.05, 0.1) is 30.2 Å². The van der Waals surface area contributed by atoms with Gasteiger partial charge >= 0.3 is 0 Å². The minimum Gasteiger partial charge on any atom is -0.506 e. The van der Waals surface area contributed by atoms with Crippen molar-refractivity contribution in [2.75, 3.05) is 6.54 Å². The van der Waals surface area contributed by atoms with E-state index in [4.69, 9.17) is 5.26 Å². The van der Waals surface area contributed by atoms with Gasteiger partial charge in [0, 0.05) is 17.7 Å². The molecule has 0 radical (unpaired) electrons. The van der Waals surface area contributed by atoms with Gasteiger partial charge in [-0.15, -0.1) is 0 Å². The zero-order valence-electron chi connectivity index (χ0n) is 14.8. The predicted molar refractivity (Wildman–Crippen MR) is 97.8 cm³/mol. The number of fused-ring (bicyclic) bond motifs is 1. The molecule has 1 amide bonds. The molecule has 0 fully saturated rings. The van der Waals surface area contributed by atoms with Gasteiger partial charge in [0.2, 0.25) is 0 Å². The number of aromatic nitrogens is 3. The van der Waals surface area contributed by atoms with Crippen LogP contribution in [0.1, 0.15) is 27.4 Å². The number of hydrogen-bond acceptors (Lipinski definition) is 5. The fourth-order valence-electron chi connectivity index (χ4n) is 3.17. The van der Waals surface area contributed by atoms with E-state index in [1.165, 1.54) is 0 Å². The third kappa shape index (κ3) is 3.13. The van der Waals surface area contributed by atoms with E-state index in [1.54, 1.807) is 46.8 Å². The lowest BCUT2D eigenvalue weighted by Crippen LogP contribution is -2.38. The molecule has 0 saturated carbocycles. The number of amides is 1. The molecule has 1 aromatic carbocycles. The van der Waals surface area contributed by atoms with Crippen molar-refractivity contribution in [2.24, 2.45) is 0 Å². The van der Waals surface area contributed by atoms with E-state index in [9.17, 15) is 9.90 Å². The van der Waals surface area contributed by atoms with Crippen LogP contribution in [0.5, 0.6) is 5.75 Å². The number of benzene rings is 1. The molecule has 1 aliphatic heterocycles. The lowest BCUT2D eigenvalue weighted by Gasteiger charge is -2.27. The van der Waals surface area contributed by atoms with Crippen molar-refractivity contribution < 1.29 is 9.90 Å². The first-order chi connectivity index (χ1) is 13.0. The van der Waals surface area contributed by atoms with Crippen molar-refractivity contribution in [3.63, 3.8) is 0 Å². The number of aryl methyl sites for hydroxylation is 1. The fourth-order valence-corrected chi connectivity index (χ4v) is 3.17. The van der Waals surface area contributed by atoms with Crippen LogP contribution in [0.3, 0.4) is 0 Å². The van der Waals surface area contributed by atoms with Crippen LogP contribution in [-0.2, 0) is 13.1 Å². The summed E-state index contributed by atoms with van der Waals surface area (Å²) in [6.45, 7) is 3.32. The molecular weight excluding hydrogens is 342 g/mol. The monoisotopic (exact) mass is 359 g/mol. The second-order valence-corrected chi connectivity index (χ2v) is 6.46. The number of nitrogens with zero attached hydrogens (tertiary/aromatic N) is 5. The molecule has 0 unspecified atom stereocenters. The summed E-state index contributed by atoms with van der Waals surface area (Å²) in [7, 11) is 0. The largest absolute Gasteiger partial charge is 0.506 e. The minimum atomic E-state index is -0.0534. The maximum absolute atomic E-state index is 12.8. The second kappa shape index (κ2) is 6.57. The normalized spacial score (nSPS) is 13.1. The maximum atomic E-state index is 12.8. The Morgan fingerprint density at radius 2 is 1.96 bits per heavy atom. The molecule has 1 aliphatic rings. The van der Waals surface area contributed by atoms with Crippen molar-refractivity contribution in [2.45, 2.75) is 20.0 Å². The smallest absolute Gasteiger partial charge is 0.254 e. The summed E-state index contributed by atoms with van der Waals surface area (Å²) in [6, 6.07) is 14.4. The molecule has 7 nitrogen and oxygen atoms in total. The first kappa shape index (κ1) is 16.8. The van der Waals surface area contributed by atoms with E-state index < -0.39 is 0 Å². The molecule has 0 bridgehead atoms. The van der Waals surface area contributed by atoms with Crippen molar-refractivity contribution in [1.82, 2.24) is 19.7 Å². The molecule has 1 N–H and O–H groups in total. The van der Waals surface area contributed by atoms with E-state index in [0.717, 1.165) is 17.0 Å². The molecule has 4 rings (SSSR count). The van der Waals surface area contributed by atoms with Gasteiger partial charge in [0.15, 0.2) is 5.69 Å². The van der Waals surface area contributed by atoms with Gasteiger partial charge in [-0.05, 0) is 37.3 Å². The Labute approximate surface area is 156 Å². The quantitative estimate of drug-likeness (QED) is 0.758. The highest BCUT2D eigenvalue weighted by atomic mass is 16.3. The number of pyridine rings is 1. The van der Waals surface area contributed by atoms with Gasteiger partial charge in [0.25, 0.3) is 5.91 Å². The first-order valence-electron chi connectivity index (χ1n) is 8.58. The molecule has 3 aromatic rings. The van der Waals surface area contributed by atoms with Crippen LogP contribution >= 0.6 is 0 Å². The van der Waals surface area contributed by atoms with Gasteiger partial charge in [-0.25, -0.2) is 4.98 Å². The summed E-state index contributed by atoms with van der Waals surface area (Å²) in [5, 5.41) is 22.8. The number of nitriles is 1. The predicted octanol–water partition coefficient (Wildman–Crippen LogP) is 2.49. The SMILES string of the molecule is Cc1nc(-c2ccc(C(=O)N3CCn4nc(C#N)cc4C3)cc2)ccc1O. The Morgan fingerprint density at radius 3 is 2.67 bits per heavy atom. The average molecular weight is 359 g/mol.